The molecule has 0 aliphatic carbocycles. The summed E-state index contributed by atoms with van der Waals surface area (Å²) in [5, 5.41) is -0.257. The van der Waals surface area contributed by atoms with E-state index in [1.165, 1.54) is 12.1 Å². The predicted molar refractivity (Wildman–Crippen MR) is 64.5 cm³/mol. The van der Waals surface area contributed by atoms with Gasteiger partial charge in [0.2, 0.25) is 0 Å². The number of hydrogen-bond acceptors (Lipinski definition) is 2. The maximum absolute atomic E-state index is 13.9. The van der Waals surface area contributed by atoms with Gasteiger partial charge in [0, 0.05) is 10.9 Å². The molecule has 0 spiro atoms. The third-order valence-electron chi connectivity index (χ3n) is 3.16. The topological polar surface area (TPSA) is 42.1 Å². The molecule has 1 aromatic heterocycles. The Kier molecular flexibility index (Phi) is 3.82. The number of H-pyrrole nitrogens is 1. The monoisotopic (exact) mass is 343 g/mol. The van der Waals surface area contributed by atoms with Gasteiger partial charge >= 0.3 is 24.0 Å². The molecule has 0 aliphatic heterocycles. The first-order valence-electron chi connectivity index (χ1n) is 5.97. The standard InChI is InChI=1S/C13H8F7NO2/c1-23-10(22)8-6-4-2-3-5-7(6)21-9(8)11(14,15)12(16,17)13(18,19)20/h2-5,21H,1H3. The van der Waals surface area contributed by atoms with Crippen LogP contribution in [-0.4, -0.2) is 30.2 Å². The van der Waals surface area contributed by atoms with Gasteiger partial charge in [-0.3, -0.25) is 0 Å². The van der Waals surface area contributed by atoms with E-state index in [1.807, 2.05) is 0 Å². The molecule has 2 aromatic rings. The number of halogens is 7. The van der Waals surface area contributed by atoms with Gasteiger partial charge in [-0.25, -0.2) is 4.79 Å². The van der Waals surface area contributed by atoms with E-state index in [1.54, 1.807) is 4.98 Å². The maximum atomic E-state index is 13.9. The van der Waals surface area contributed by atoms with E-state index in [2.05, 4.69) is 4.74 Å². The number of rotatable bonds is 3. The predicted octanol–water partition coefficient (Wildman–Crippen LogP) is 4.24. The van der Waals surface area contributed by atoms with E-state index >= 15 is 0 Å². The smallest absolute Gasteiger partial charge is 0.460 e. The Labute approximate surface area is 124 Å². The lowest BCUT2D eigenvalue weighted by Crippen LogP contribution is -2.50. The zero-order valence-electron chi connectivity index (χ0n) is 11.3. The number of fused-ring (bicyclic) bond motifs is 1. The summed E-state index contributed by atoms with van der Waals surface area (Å²) in [4.78, 5) is 13.4. The molecule has 0 atom stereocenters. The van der Waals surface area contributed by atoms with Crippen LogP contribution in [0.5, 0.6) is 0 Å². The fourth-order valence-electron chi connectivity index (χ4n) is 2.03. The van der Waals surface area contributed by atoms with Gasteiger partial charge in [0.05, 0.1) is 12.7 Å². The highest BCUT2D eigenvalue weighted by Crippen LogP contribution is 2.52. The van der Waals surface area contributed by atoms with Gasteiger partial charge in [-0.1, -0.05) is 18.2 Å². The number of para-hydroxylation sites is 1. The summed E-state index contributed by atoms with van der Waals surface area (Å²) in [6.07, 6.45) is -6.51. The molecule has 0 radical (unpaired) electrons. The first kappa shape index (κ1) is 17.1. The molecule has 126 valence electrons. The Balaban J connectivity index is 2.79. The van der Waals surface area contributed by atoms with Gasteiger partial charge in [-0.05, 0) is 6.07 Å². The van der Waals surface area contributed by atoms with Gasteiger partial charge < -0.3 is 9.72 Å². The summed E-state index contributed by atoms with van der Waals surface area (Å²) >= 11 is 0. The SMILES string of the molecule is COC(=O)c1c(C(F)(F)C(F)(F)C(F)(F)F)[nH]c2ccccc12. The molecule has 0 saturated carbocycles. The minimum absolute atomic E-state index is 0.208. The molecule has 0 bridgehead atoms. The van der Waals surface area contributed by atoms with Crippen molar-refractivity contribution in [1.82, 2.24) is 4.98 Å². The Morgan fingerprint density at radius 2 is 1.61 bits per heavy atom. The van der Waals surface area contributed by atoms with Crippen molar-refractivity contribution in [2.75, 3.05) is 7.11 Å². The molecule has 1 N–H and O–H groups in total. The number of alkyl halides is 7. The van der Waals surface area contributed by atoms with Crippen LogP contribution >= 0.6 is 0 Å². The van der Waals surface area contributed by atoms with Gasteiger partial charge in [0.1, 0.15) is 5.69 Å². The first-order valence-corrected chi connectivity index (χ1v) is 5.97. The summed E-state index contributed by atoms with van der Waals surface area (Å²) in [7, 11) is 0.786. The number of hydrogen-bond donors (Lipinski definition) is 1. The zero-order valence-corrected chi connectivity index (χ0v) is 11.3. The molecule has 3 nitrogen and oxygen atoms in total. The number of aromatic amines is 1. The number of nitrogens with one attached hydrogen (secondary N) is 1. The van der Waals surface area contributed by atoms with Crippen molar-refractivity contribution in [3.63, 3.8) is 0 Å². The summed E-state index contributed by atoms with van der Waals surface area (Å²) < 4.78 is 95.5. The molecular formula is C13H8F7NO2. The second-order valence-corrected chi connectivity index (χ2v) is 4.56. The van der Waals surface area contributed by atoms with Crippen molar-refractivity contribution in [2.24, 2.45) is 0 Å². The summed E-state index contributed by atoms with van der Waals surface area (Å²) in [5.74, 6) is -13.5. The third kappa shape index (κ3) is 2.41. The highest BCUT2D eigenvalue weighted by Gasteiger charge is 2.74. The fraction of sp³-hybridized carbons (Fsp3) is 0.308. The van der Waals surface area contributed by atoms with Crippen molar-refractivity contribution >= 4 is 16.9 Å². The first-order chi connectivity index (χ1) is 10.4. The van der Waals surface area contributed by atoms with Crippen molar-refractivity contribution in [3.05, 3.63) is 35.5 Å². The molecule has 0 aliphatic rings. The molecule has 2 rings (SSSR count). The Hall–Kier alpha value is -2.26. The molecule has 1 heterocycles. The third-order valence-corrected chi connectivity index (χ3v) is 3.16. The molecule has 0 amide bonds. The fourth-order valence-corrected chi connectivity index (χ4v) is 2.03. The van der Waals surface area contributed by atoms with Crippen LogP contribution in [0.25, 0.3) is 10.9 Å². The van der Waals surface area contributed by atoms with Gasteiger partial charge in [0.15, 0.2) is 0 Å². The largest absolute Gasteiger partial charge is 0.465 e. The summed E-state index contributed by atoms with van der Waals surface area (Å²) in [6.45, 7) is 0. The number of aromatic nitrogens is 1. The van der Waals surface area contributed by atoms with Gasteiger partial charge in [0.25, 0.3) is 0 Å². The highest BCUT2D eigenvalue weighted by molar-refractivity contribution is 6.05. The molecule has 0 unspecified atom stereocenters. The van der Waals surface area contributed by atoms with Gasteiger partial charge in [-0.15, -0.1) is 0 Å². The summed E-state index contributed by atoms with van der Waals surface area (Å²) in [6, 6.07) is 4.88. The number of carbonyl (C=O) groups is 1. The van der Waals surface area contributed by atoms with E-state index in [4.69, 9.17) is 0 Å². The number of benzene rings is 1. The second-order valence-electron chi connectivity index (χ2n) is 4.56. The van der Waals surface area contributed by atoms with E-state index in [0.29, 0.717) is 0 Å². The van der Waals surface area contributed by atoms with Crippen LogP contribution in [0.1, 0.15) is 16.1 Å². The summed E-state index contributed by atoms with van der Waals surface area (Å²) in [5.41, 5.74) is -3.13. The van der Waals surface area contributed by atoms with Crippen LogP contribution in [0.4, 0.5) is 30.7 Å². The molecule has 10 heteroatoms. The Bertz CT molecular complexity index is 748. The minimum Gasteiger partial charge on any atom is -0.465 e. The zero-order chi connectivity index (χ0) is 17.6. The van der Waals surface area contributed by atoms with Crippen molar-refractivity contribution in [2.45, 2.75) is 18.0 Å². The quantitative estimate of drug-likeness (QED) is 0.669. The van der Waals surface area contributed by atoms with Crippen LogP contribution in [0.15, 0.2) is 24.3 Å². The molecule has 23 heavy (non-hydrogen) atoms. The average Bonchev–Trinajstić information content (AvgIpc) is 2.85. The second kappa shape index (κ2) is 5.14. The number of methoxy groups -OCH3 is 1. The lowest BCUT2D eigenvalue weighted by molar-refractivity contribution is -0.360. The van der Waals surface area contributed by atoms with Crippen LogP contribution < -0.4 is 0 Å². The average molecular weight is 343 g/mol. The van der Waals surface area contributed by atoms with E-state index in [0.717, 1.165) is 19.2 Å². The maximum Gasteiger partial charge on any atom is 0.460 e. The van der Waals surface area contributed by atoms with E-state index in [-0.39, 0.29) is 10.9 Å². The number of ether oxygens (including phenoxy) is 1. The van der Waals surface area contributed by atoms with Crippen LogP contribution in [0.3, 0.4) is 0 Å². The van der Waals surface area contributed by atoms with Crippen LogP contribution in [0, 0.1) is 0 Å². The lowest BCUT2D eigenvalue weighted by atomic mass is 10.0. The van der Waals surface area contributed by atoms with Gasteiger partial charge in [-0.2, -0.15) is 30.7 Å². The lowest BCUT2D eigenvalue weighted by Gasteiger charge is -2.28. The van der Waals surface area contributed by atoms with E-state index in [9.17, 15) is 35.5 Å². The molecular weight excluding hydrogens is 335 g/mol. The van der Waals surface area contributed by atoms with Crippen LogP contribution in [0.2, 0.25) is 0 Å². The molecule has 1 aromatic carbocycles. The van der Waals surface area contributed by atoms with Crippen molar-refractivity contribution < 1.29 is 40.3 Å². The minimum atomic E-state index is -6.51. The van der Waals surface area contributed by atoms with Crippen molar-refractivity contribution in [1.29, 1.82) is 0 Å². The van der Waals surface area contributed by atoms with E-state index < -0.39 is 35.2 Å². The van der Waals surface area contributed by atoms with Crippen molar-refractivity contribution in [3.8, 4) is 0 Å². The highest BCUT2D eigenvalue weighted by atomic mass is 19.4. The number of carbonyl (C=O) groups excluding carboxylic acids is 1. The van der Waals surface area contributed by atoms with Crippen LogP contribution in [-0.2, 0) is 10.7 Å². The Morgan fingerprint density at radius 1 is 1.04 bits per heavy atom. The normalized spacial score (nSPS) is 13.4. The number of esters is 1. The Morgan fingerprint density at radius 3 is 2.13 bits per heavy atom. The molecule has 0 fully saturated rings. The molecule has 0 saturated heterocycles.